The molecule has 80 valence electrons. The number of carbonyl (C=O) groups excluding carboxylic acids is 1. The lowest BCUT2D eigenvalue weighted by Gasteiger charge is -2.14. The predicted molar refractivity (Wildman–Crippen MR) is 65.5 cm³/mol. The Morgan fingerprint density at radius 2 is 2.13 bits per heavy atom. The summed E-state index contributed by atoms with van der Waals surface area (Å²) in [6.45, 7) is 3.78. The van der Waals surface area contributed by atoms with Gasteiger partial charge in [-0.1, -0.05) is 40.2 Å². The van der Waals surface area contributed by atoms with E-state index in [-0.39, 0.29) is 11.9 Å². The summed E-state index contributed by atoms with van der Waals surface area (Å²) in [5.74, 6) is -0.0687. The Labute approximate surface area is 98.5 Å². The zero-order valence-electron chi connectivity index (χ0n) is 8.83. The minimum Gasteiger partial charge on any atom is -0.346 e. The van der Waals surface area contributed by atoms with Crippen LogP contribution in [0, 0.1) is 0 Å². The fourth-order valence-corrected chi connectivity index (χ4v) is 1.95. The van der Waals surface area contributed by atoms with Crippen molar-refractivity contribution in [1.29, 1.82) is 0 Å². The van der Waals surface area contributed by atoms with Crippen molar-refractivity contribution in [2.24, 2.45) is 0 Å². The van der Waals surface area contributed by atoms with Crippen molar-refractivity contribution in [2.45, 2.75) is 19.9 Å². The van der Waals surface area contributed by atoms with Crippen LogP contribution in [0.1, 0.15) is 25.5 Å². The van der Waals surface area contributed by atoms with Gasteiger partial charge in [0.05, 0.1) is 6.04 Å². The topological polar surface area (TPSA) is 29.1 Å². The van der Waals surface area contributed by atoms with E-state index in [0.29, 0.717) is 0 Å². The van der Waals surface area contributed by atoms with Gasteiger partial charge in [0, 0.05) is 4.47 Å². The highest BCUT2D eigenvalue weighted by molar-refractivity contribution is 9.10. The summed E-state index contributed by atoms with van der Waals surface area (Å²) in [4.78, 5) is 11.3. The summed E-state index contributed by atoms with van der Waals surface area (Å²) in [5, 5.41) is 2.88. The van der Waals surface area contributed by atoms with Crippen molar-refractivity contribution in [1.82, 2.24) is 5.32 Å². The lowest BCUT2D eigenvalue weighted by atomic mass is 10.1. The maximum absolute atomic E-state index is 11.3. The first-order chi connectivity index (χ1) is 7.15. The normalized spacial score (nSPS) is 12.7. The third-order valence-corrected chi connectivity index (χ3v) is 2.77. The van der Waals surface area contributed by atoms with Crippen LogP contribution in [0.4, 0.5) is 0 Å². The SMILES string of the molecule is C/C=C/C(=O)N[C@H](C)c1ccccc1Br. The quantitative estimate of drug-likeness (QED) is 0.838. The summed E-state index contributed by atoms with van der Waals surface area (Å²) >= 11 is 3.46. The second-order valence-corrected chi connectivity index (χ2v) is 4.11. The summed E-state index contributed by atoms with van der Waals surface area (Å²) in [5.41, 5.74) is 1.08. The largest absolute Gasteiger partial charge is 0.346 e. The maximum Gasteiger partial charge on any atom is 0.244 e. The molecule has 0 radical (unpaired) electrons. The molecule has 0 saturated heterocycles. The molecule has 0 unspecified atom stereocenters. The standard InChI is InChI=1S/C12H14BrNO/c1-3-6-12(15)14-9(2)10-7-4-5-8-11(10)13/h3-9H,1-2H3,(H,14,15)/b6-3+/t9-/m1/s1. The molecule has 3 heteroatoms. The Morgan fingerprint density at radius 1 is 1.47 bits per heavy atom. The molecule has 15 heavy (non-hydrogen) atoms. The van der Waals surface area contributed by atoms with Gasteiger partial charge in [-0.05, 0) is 31.6 Å². The van der Waals surface area contributed by atoms with E-state index in [1.165, 1.54) is 6.08 Å². The number of rotatable bonds is 3. The molecule has 0 heterocycles. The van der Waals surface area contributed by atoms with Crippen LogP contribution >= 0.6 is 15.9 Å². The van der Waals surface area contributed by atoms with Crippen molar-refractivity contribution < 1.29 is 4.79 Å². The monoisotopic (exact) mass is 267 g/mol. The molecule has 1 atom stereocenters. The van der Waals surface area contributed by atoms with E-state index in [2.05, 4.69) is 21.2 Å². The first-order valence-corrected chi connectivity index (χ1v) is 5.62. The van der Waals surface area contributed by atoms with Gasteiger partial charge in [0.25, 0.3) is 0 Å². The van der Waals surface area contributed by atoms with Crippen molar-refractivity contribution >= 4 is 21.8 Å². The second kappa shape index (κ2) is 5.71. The van der Waals surface area contributed by atoms with Gasteiger partial charge in [0.2, 0.25) is 5.91 Å². The van der Waals surface area contributed by atoms with Gasteiger partial charge in [-0.3, -0.25) is 4.79 Å². The molecule has 1 aromatic carbocycles. The Morgan fingerprint density at radius 3 is 2.73 bits per heavy atom. The maximum atomic E-state index is 11.3. The number of nitrogens with one attached hydrogen (secondary N) is 1. The number of allylic oxidation sites excluding steroid dienone is 1. The van der Waals surface area contributed by atoms with Crippen LogP contribution in [0.25, 0.3) is 0 Å². The molecule has 1 aromatic rings. The molecule has 0 saturated carbocycles. The molecule has 2 nitrogen and oxygen atoms in total. The first-order valence-electron chi connectivity index (χ1n) is 4.82. The van der Waals surface area contributed by atoms with Crippen LogP contribution in [0.15, 0.2) is 40.9 Å². The first kappa shape index (κ1) is 12.0. The zero-order valence-corrected chi connectivity index (χ0v) is 10.4. The molecule has 0 aromatic heterocycles. The third kappa shape index (κ3) is 3.51. The number of hydrogen-bond acceptors (Lipinski definition) is 1. The molecule has 0 bridgehead atoms. The van der Waals surface area contributed by atoms with Gasteiger partial charge in [-0.25, -0.2) is 0 Å². The van der Waals surface area contributed by atoms with E-state index < -0.39 is 0 Å². The summed E-state index contributed by atoms with van der Waals surface area (Å²) in [6, 6.07) is 7.87. The smallest absolute Gasteiger partial charge is 0.244 e. The fourth-order valence-electron chi connectivity index (χ4n) is 1.32. The Balaban J connectivity index is 2.73. The predicted octanol–water partition coefficient (Wildman–Crippen LogP) is 3.20. The average Bonchev–Trinajstić information content (AvgIpc) is 2.18. The molecule has 0 aliphatic carbocycles. The lowest BCUT2D eigenvalue weighted by Crippen LogP contribution is -2.24. The van der Waals surface area contributed by atoms with Crippen LogP contribution in [0.2, 0.25) is 0 Å². The highest BCUT2D eigenvalue weighted by Gasteiger charge is 2.09. The van der Waals surface area contributed by atoms with Crippen LogP contribution in [0.3, 0.4) is 0 Å². The lowest BCUT2D eigenvalue weighted by molar-refractivity contribution is -0.117. The van der Waals surface area contributed by atoms with Gasteiger partial charge >= 0.3 is 0 Å². The van der Waals surface area contributed by atoms with Crippen molar-refractivity contribution in [3.05, 3.63) is 46.5 Å². The van der Waals surface area contributed by atoms with Gasteiger partial charge in [-0.15, -0.1) is 0 Å². The van der Waals surface area contributed by atoms with Crippen LogP contribution < -0.4 is 5.32 Å². The Kier molecular flexibility index (Phi) is 4.56. The summed E-state index contributed by atoms with van der Waals surface area (Å²) in [7, 11) is 0. The molecule has 1 rings (SSSR count). The molecule has 0 aliphatic rings. The van der Waals surface area contributed by atoms with Gasteiger partial charge in [0.1, 0.15) is 0 Å². The minimum atomic E-state index is -0.0687. The van der Waals surface area contributed by atoms with Gasteiger partial charge < -0.3 is 5.32 Å². The van der Waals surface area contributed by atoms with Crippen LogP contribution in [-0.4, -0.2) is 5.91 Å². The Bertz CT molecular complexity index is 374. The molecule has 1 amide bonds. The van der Waals surface area contributed by atoms with E-state index in [1.807, 2.05) is 38.1 Å². The van der Waals surface area contributed by atoms with Crippen molar-refractivity contribution in [2.75, 3.05) is 0 Å². The minimum absolute atomic E-state index is 0.00396. The van der Waals surface area contributed by atoms with E-state index >= 15 is 0 Å². The van der Waals surface area contributed by atoms with Crippen LogP contribution in [0.5, 0.6) is 0 Å². The molecule has 1 N–H and O–H groups in total. The highest BCUT2D eigenvalue weighted by Crippen LogP contribution is 2.22. The number of amides is 1. The van der Waals surface area contributed by atoms with E-state index in [0.717, 1.165) is 10.0 Å². The third-order valence-electron chi connectivity index (χ3n) is 2.05. The molecule has 0 fully saturated rings. The molecular formula is C12H14BrNO. The van der Waals surface area contributed by atoms with Crippen molar-refractivity contribution in [3.8, 4) is 0 Å². The zero-order chi connectivity index (χ0) is 11.3. The van der Waals surface area contributed by atoms with E-state index in [1.54, 1.807) is 6.08 Å². The van der Waals surface area contributed by atoms with Crippen molar-refractivity contribution in [3.63, 3.8) is 0 Å². The second-order valence-electron chi connectivity index (χ2n) is 3.25. The number of halogens is 1. The highest BCUT2D eigenvalue weighted by atomic mass is 79.9. The Hall–Kier alpha value is -1.09. The summed E-state index contributed by atoms with van der Waals surface area (Å²) in [6.07, 6.45) is 3.25. The van der Waals surface area contributed by atoms with E-state index in [4.69, 9.17) is 0 Å². The molecular weight excluding hydrogens is 254 g/mol. The number of benzene rings is 1. The van der Waals surface area contributed by atoms with Gasteiger partial charge in [-0.2, -0.15) is 0 Å². The molecule has 0 aliphatic heterocycles. The average molecular weight is 268 g/mol. The summed E-state index contributed by atoms with van der Waals surface area (Å²) < 4.78 is 1.01. The van der Waals surface area contributed by atoms with Crippen LogP contribution in [-0.2, 0) is 4.79 Å². The number of hydrogen-bond donors (Lipinski definition) is 1. The molecule has 0 spiro atoms. The number of carbonyl (C=O) groups is 1. The van der Waals surface area contributed by atoms with E-state index in [9.17, 15) is 4.79 Å². The fraction of sp³-hybridized carbons (Fsp3) is 0.250. The van der Waals surface area contributed by atoms with Gasteiger partial charge in [0.15, 0.2) is 0 Å².